The minimum absolute atomic E-state index is 0.109. The summed E-state index contributed by atoms with van der Waals surface area (Å²) >= 11 is 1.71. The molecular formula is C18H26N4S. The lowest BCUT2D eigenvalue weighted by Crippen LogP contribution is -2.23. The first-order valence-electron chi connectivity index (χ1n) is 7.99. The lowest BCUT2D eigenvalue weighted by atomic mass is 9.98. The summed E-state index contributed by atoms with van der Waals surface area (Å²) in [7, 11) is 0. The van der Waals surface area contributed by atoms with Gasteiger partial charge in [0.2, 0.25) is 0 Å². The zero-order chi connectivity index (χ0) is 16.9. The minimum atomic E-state index is 0.109. The van der Waals surface area contributed by atoms with Crippen LogP contribution in [0.15, 0.2) is 34.6 Å². The highest BCUT2D eigenvalue weighted by Crippen LogP contribution is 2.25. The summed E-state index contributed by atoms with van der Waals surface area (Å²) in [4.78, 5) is 9.05. The topological polar surface area (TPSA) is 63.3 Å². The third-order valence-electron chi connectivity index (χ3n) is 3.48. The number of benzene rings is 1. The van der Waals surface area contributed by atoms with Crippen molar-refractivity contribution in [2.24, 2.45) is 10.7 Å². The van der Waals surface area contributed by atoms with Gasteiger partial charge in [-0.1, -0.05) is 39.8 Å². The normalized spacial score (nSPS) is 12.4. The first-order valence-corrected chi connectivity index (χ1v) is 8.87. The van der Waals surface area contributed by atoms with Crippen LogP contribution in [-0.4, -0.2) is 17.5 Å². The van der Waals surface area contributed by atoms with Gasteiger partial charge < -0.3 is 11.1 Å². The van der Waals surface area contributed by atoms with E-state index in [0.29, 0.717) is 12.5 Å². The van der Waals surface area contributed by atoms with Crippen molar-refractivity contribution in [2.45, 2.75) is 46.0 Å². The number of nitrogens with zero attached hydrogens (tertiary/aromatic N) is 2. The molecule has 0 atom stereocenters. The molecule has 0 aliphatic rings. The molecule has 0 saturated carbocycles. The molecular weight excluding hydrogens is 304 g/mol. The van der Waals surface area contributed by atoms with E-state index in [2.05, 4.69) is 60.5 Å². The summed E-state index contributed by atoms with van der Waals surface area (Å²) in [5.74, 6) is 0.445. The molecule has 1 aromatic carbocycles. The Labute approximate surface area is 142 Å². The van der Waals surface area contributed by atoms with Crippen LogP contribution in [-0.2, 0) is 18.3 Å². The molecule has 0 aliphatic carbocycles. The van der Waals surface area contributed by atoms with Gasteiger partial charge in [-0.15, -0.1) is 11.3 Å². The second kappa shape index (κ2) is 7.59. The number of aliphatic imine (C=N–C) groups is 1. The number of aryl methyl sites for hydroxylation is 1. The number of anilines is 1. The van der Waals surface area contributed by atoms with Crippen molar-refractivity contribution >= 4 is 23.0 Å². The van der Waals surface area contributed by atoms with Gasteiger partial charge in [-0.25, -0.2) is 4.98 Å². The van der Waals surface area contributed by atoms with E-state index in [9.17, 15) is 0 Å². The Balaban J connectivity index is 1.85. The number of thiazole rings is 1. The van der Waals surface area contributed by atoms with Crippen LogP contribution < -0.4 is 11.1 Å². The van der Waals surface area contributed by atoms with Crippen LogP contribution in [0.3, 0.4) is 0 Å². The first kappa shape index (κ1) is 17.5. The van der Waals surface area contributed by atoms with E-state index in [-0.39, 0.29) is 5.41 Å². The molecule has 1 heterocycles. The Morgan fingerprint density at radius 1 is 1.26 bits per heavy atom. The Hall–Kier alpha value is -1.88. The van der Waals surface area contributed by atoms with E-state index in [0.717, 1.165) is 24.2 Å². The fourth-order valence-corrected chi connectivity index (χ4v) is 3.01. The standard InChI is InChI=1S/C18H26N4S/c1-5-13-6-8-14(9-7-13)22-17(19)20-11-10-15-12-23-16(21-15)18(2,3)4/h6-9,12H,5,10-11H2,1-4H3,(H3,19,20,22). The van der Waals surface area contributed by atoms with Crippen molar-refractivity contribution in [2.75, 3.05) is 11.9 Å². The number of nitrogens with two attached hydrogens (primary N) is 1. The predicted molar refractivity (Wildman–Crippen MR) is 100 cm³/mol. The number of nitrogens with one attached hydrogen (secondary N) is 1. The van der Waals surface area contributed by atoms with E-state index in [4.69, 9.17) is 5.73 Å². The van der Waals surface area contributed by atoms with Crippen LogP contribution in [0.25, 0.3) is 0 Å². The van der Waals surface area contributed by atoms with Gasteiger partial charge in [-0.3, -0.25) is 4.99 Å². The van der Waals surface area contributed by atoms with Crippen molar-refractivity contribution < 1.29 is 0 Å². The van der Waals surface area contributed by atoms with Crippen LogP contribution in [0, 0.1) is 0 Å². The van der Waals surface area contributed by atoms with Crippen LogP contribution in [0.5, 0.6) is 0 Å². The zero-order valence-electron chi connectivity index (χ0n) is 14.4. The summed E-state index contributed by atoms with van der Waals surface area (Å²) in [6, 6.07) is 8.24. The molecule has 1 aromatic heterocycles. The maximum Gasteiger partial charge on any atom is 0.193 e. The maximum atomic E-state index is 5.94. The summed E-state index contributed by atoms with van der Waals surface area (Å²) < 4.78 is 0. The average molecular weight is 331 g/mol. The Morgan fingerprint density at radius 3 is 2.52 bits per heavy atom. The first-order chi connectivity index (χ1) is 10.9. The predicted octanol–water partition coefficient (Wildman–Crippen LogP) is 3.97. The second-order valence-corrected chi connectivity index (χ2v) is 7.44. The molecule has 124 valence electrons. The third kappa shape index (κ3) is 5.36. The number of hydrogen-bond acceptors (Lipinski definition) is 3. The smallest absolute Gasteiger partial charge is 0.193 e. The van der Waals surface area contributed by atoms with E-state index < -0.39 is 0 Å². The van der Waals surface area contributed by atoms with Gasteiger partial charge in [0.05, 0.1) is 10.7 Å². The van der Waals surface area contributed by atoms with Crippen molar-refractivity contribution in [1.29, 1.82) is 0 Å². The summed E-state index contributed by atoms with van der Waals surface area (Å²) in [6.07, 6.45) is 1.85. The second-order valence-electron chi connectivity index (χ2n) is 6.59. The molecule has 0 saturated heterocycles. The molecule has 23 heavy (non-hydrogen) atoms. The summed E-state index contributed by atoms with van der Waals surface area (Å²) in [5, 5.41) is 6.40. The quantitative estimate of drug-likeness (QED) is 0.644. The van der Waals surface area contributed by atoms with Crippen molar-refractivity contribution in [1.82, 2.24) is 4.98 Å². The van der Waals surface area contributed by atoms with Gasteiger partial charge in [-0.2, -0.15) is 0 Å². The molecule has 0 aliphatic heterocycles. The Morgan fingerprint density at radius 2 is 1.96 bits per heavy atom. The monoisotopic (exact) mass is 330 g/mol. The molecule has 0 bridgehead atoms. The molecule has 2 rings (SSSR count). The van der Waals surface area contributed by atoms with Crippen LogP contribution in [0.4, 0.5) is 5.69 Å². The zero-order valence-corrected chi connectivity index (χ0v) is 15.2. The largest absolute Gasteiger partial charge is 0.370 e. The lowest BCUT2D eigenvalue weighted by molar-refractivity contribution is 0.583. The average Bonchev–Trinajstić information content (AvgIpc) is 2.97. The maximum absolute atomic E-state index is 5.94. The number of aromatic nitrogens is 1. The van der Waals surface area contributed by atoms with Crippen molar-refractivity contribution in [3.63, 3.8) is 0 Å². The fourth-order valence-electron chi connectivity index (χ4n) is 2.07. The highest BCUT2D eigenvalue weighted by Gasteiger charge is 2.17. The van der Waals surface area contributed by atoms with Crippen LogP contribution >= 0.6 is 11.3 Å². The minimum Gasteiger partial charge on any atom is -0.370 e. The lowest BCUT2D eigenvalue weighted by Gasteiger charge is -2.13. The molecule has 3 N–H and O–H groups in total. The molecule has 5 heteroatoms. The fraction of sp³-hybridized carbons (Fsp3) is 0.444. The van der Waals surface area contributed by atoms with Crippen LogP contribution in [0.1, 0.15) is 44.0 Å². The number of hydrogen-bond donors (Lipinski definition) is 2. The number of guanidine groups is 1. The molecule has 0 radical (unpaired) electrons. The molecule has 4 nitrogen and oxygen atoms in total. The van der Waals surface area contributed by atoms with Crippen LogP contribution in [0.2, 0.25) is 0 Å². The SMILES string of the molecule is CCc1ccc(NC(N)=NCCc2csc(C(C)(C)C)n2)cc1. The van der Waals surface area contributed by atoms with Gasteiger partial charge in [0, 0.05) is 29.4 Å². The van der Waals surface area contributed by atoms with E-state index in [1.54, 1.807) is 11.3 Å². The highest BCUT2D eigenvalue weighted by molar-refractivity contribution is 7.09. The third-order valence-corrected chi connectivity index (χ3v) is 4.79. The van der Waals surface area contributed by atoms with Crippen molar-refractivity contribution in [3.05, 3.63) is 45.9 Å². The van der Waals surface area contributed by atoms with Gasteiger partial charge >= 0.3 is 0 Å². The molecule has 0 unspecified atom stereocenters. The molecule has 0 spiro atoms. The highest BCUT2D eigenvalue weighted by atomic mass is 32.1. The number of rotatable bonds is 5. The molecule has 0 amide bonds. The van der Waals surface area contributed by atoms with Gasteiger partial charge in [0.25, 0.3) is 0 Å². The van der Waals surface area contributed by atoms with Gasteiger partial charge in [-0.05, 0) is 24.1 Å². The molecule has 2 aromatic rings. The Kier molecular flexibility index (Phi) is 5.77. The summed E-state index contributed by atoms with van der Waals surface area (Å²) in [6.45, 7) is 9.32. The van der Waals surface area contributed by atoms with Crippen molar-refractivity contribution in [3.8, 4) is 0 Å². The van der Waals surface area contributed by atoms with Gasteiger partial charge in [0.1, 0.15) is 0 Å². The molecule has 0 fully saturated rings. The summed E-state index contributed by atoms with van der Waals surface area (Å²) in [5.41, 5.74) is 9.41. The van der Waals surface area contributed by atoms with E-state index in [1.165, 1.54) is 10.6 Å². The van der Waals surface area contributed by atoms with E-state index in [1.807, 2.05) is 12.1 Å². The van der Waals surface area contributed by atoms with E-state index >= 15 is 0 Å². The van der Waals surface area contributed by atoms with Gasteiger partial charge in [0.15, 0.2) is 5.96 Å². The Bertz CT molecular complexity index is 650.